The molecule has 1 amide bonds. The number of ether oxygens (including phenoxy) is 2. The molecule has 0 unspecified atom stereocenters. The molecule has 2 aromatic rings. The van der Waals surface area contributed by atoms with Gasteiger partial charge in [0.1, 0.15) is 11.5 Å². The highest BCUT2D eigenvalue weighted by Gasteiger charge is 2.14. The van der Waals surface area contributed by atoms with E-state index in [9.17, 15) is 9.59 Å². The van der Waals surface area contributed by atoms with E-state index in [1.807, 2.05) is 24.3 Å². The number of ketones is 1. The van der Waals surface area contributed by atoms with Gasteiger partial charge in [-0.15, -0.1) is 0 Å². The molecular formula is C19H20ClNO4. The number of hydrogen-bond acceptors (Lipinski definition) is 4. The molecule has 0 fully saturated rings. The Kier molecular flexibility index (Phi) is 6.83. The van der Waals surface area contributed by atoms with Crippen molar-refractivity contribution in [3.63, 3.8) is 0 Å². The van der Waals surface area contributed by atoms with Gasteiger partial charge in [0.15, 0.2) is 5.78 Å². The third-order valence-corrected chi connectivity index (χ3v) is 3.92. The summed E-state index contributed by atoms with van der Waals surface area (Å²) in [5, 5.41) is 3.25. The second-order valence-electron chi connectivity index (χ2n) is 5.39. The molecule has 1 N–H and O–H groups in total. The number of nitrogens with one attached hydrogen (secondary N) is 1. The van der Waals surface area contributed by atoms with E-state index in [1.54, 1.807) is 25.3 Å². The van der Waals surface area contributed by atoms with Gasteiger partial charge in [0.25, 0.3) is 0 Å². The van der Waals surface area contributed by atoms with Gasteiger partial charge in [-0.25, -0.2) is 0 Å². The van der Waals surface area contributed by atoms with Crippen molar-refractivity contribution in [3.05, 3.63) is 58.6 Å². The Morgan fingerprint density at radius 3 is 2.36 bits per heavy atom. The lowest BCUT2D eigenvalue weighted by Crippen LogP contribution is -2.23. The van der Waals surface area contributed by atoms with Crippen molar-refractivity contribution in [1.82, 2.24) is 5.32 Å². The number of carbonyl (C=O) groups excluding carboxylic acids is 2. The molecule has 0 saturated heterocycles. The van der Waals surface area contributed by atoms with Crippen LogP contribution in [0.4, 0.5) is 0 Å². The minimum absolute atomic E-state index is 0.0884. The Hall–Kier alpha value is -2.53. The molecule has 2 aromatic carbocycles. The maximum atomic E-state index is 12.3. The summed E-state index contributed by atoms with van der Waals surface area (Å²) in [5.41, 5.74) is 1.34. The van der Waals surface area contributed by atoms with Gasteiger partial charge < -0.3 is 14.8 Å². The summed E-state index contributed by atoms with van der Waals surface area (Å²) >= 11 is 5.92. The van der Waals surface area contributed by atoms with Crippen molar-refractivity contribution in [1.29, 1.82) is 0 Å². The Labute approximate surface area is 151 Å². The molecule has 6 heteroatoms. The molecule has 0 aliphatic heterocycles. The van der Waals surface area contributed by atoms with Crippen LogP contribution in [-0.2, 0) is 11.3 Å². The van der Waals surface area contributed by atoms with Gasteiger partial charge in [0.05, 0.1) is 19.8 Å². The fourth-order valence-electron chi connectivity index (χ4n) is 2.29. The molecule has 0 aromatic heterocycles. The van der Waals surface area contributed by atoms with E-state index < -0.39 is 0 Å². The summed E-state index contributed by atoms with van der Waals surface area (Å²) in [6.45, 7) is 0.400. The van der Waals surface area contributed by atoms with Crippen LogP contribution in [-0.4, -0.2) is 25.9 Å². The average Bonchev–Trinajstić information content (AvgIpc) is 2.64. The summed E-state index contributed by atoms with van der Waals surface area (Å²) < 4.78 is 10.2. The van der Waals surface area contributed by atoms with E-state index in [2.05, 4.69) is 5.32 Å². The molecule has 0 saturated carbocycles. The first kappa shape index (κ1) is 18.8. The van der Waals surface area contributed by atoms with E-state index >= 15 is 0 Å². The van der Waals surface area contributed by atoms with Crippen LogP contribution < -0.4 is 14.8 Å². The number of methoxy groups -OCH3 is 2. The Balaban J connectivity index is 1.85. The first-order valence-electron chi connectivity index (χ1n) is 7.80. The molecule has 0 aliphatic carbocycles. The smallest absolute Gasteiger partial charge is 0.220 e. The lowest BCUT2D eigenvalue weighted by molar-refractivity contribution is -0.121. The second-order valence-corrected chi connectivity index (χ2v) is 5.83. The molecule has 5 nitrogen and oxygen atoms in total. The number of rotatable bonds is 8. The lowest BCUT2D eigenvalue weighted by atomic mass is 10.1. The van der Waals surface area contributed by atoms with Gasteiger partial charge >= 0.3 is 0 Å². The zero-order valence-corrected chi connectivity index (χ0v) is 14.9. The summed E-state index contributed by atoms with van der Waals surface area (Å²) in [4.78, 5) is 24.2. The number of benzene rings is 2. The highest BCUT2D eigenvalue weighted by molar-refractivity contribution is 6.31. The number of carbonyl (C=O) groups is 2. The quantitative estimate of drug-likeness (QED) is 0.729. The Morgan fingerprint density at radius 1 is 1.00 bits per heavy atom. The first-order chi connectivity index (χ1) is 12.0. The predicted octanol–water partition coefficient (Wildman–Crippen LogP) is 3.64. The molecule has 0 spiro atoms. The molecule has 0 aliphatic rings. The Morgan fingerprint density at radius 2 is 1.72 bits per heavy atom. The molecule has 0 atom stereocenters. The van der Waals surface area contributed by atoms with Crippen LogP contribution in [0.15, 0.2) is 42.5 Å². The third kappa shape index (κ3) is 5.50. The van der Waals surface area contributed by atoms with Crippen molar-refractivity contribution < 1.29 is 19.1 Å². The Bertz CT molecular complexity index is 744. The predicted molar refractivity (Wildman–Crippen MR) is 96.4 cm³/mol. The summed E-state index contributed by atoms with van der Waals surface area (Å²) in [5.74, 6) is 0.841. The van der Waals surface area contributed by atoms with Crippen molar-refractivity contribution in [2.45, 2.75) is 19.4 Å². The zero-order chi connectivity index (χ0) is 18.2. The molecule has 0 radical (unpaired) electrons. The molecule has 25 heavy (non-hydrogen) atoms. The standard InChI is InChI=1S/C19H20ClNO4/c1-24-15-6-3-13(4-7-15)12-21-19(23)10-8-17(22)16-11-14(20)5-9-18(16)25-2/h3-7,9,11H,8,10,12H2,1-2H3,(H,21,23). The van der Waals surface area contributed by atoms with Crippen LogP contribution >= 0.6 is 11.6 Å². The molecule has 0 bridgehead atoms. The SMILES string of the molecule is COc1ccc(CNC(=O)CCC(=O)c2cc(Cl)ccc2OC)cc1. The van der Waals surface area contributed by atoms with Crippen LogP contribution in [0.3, 0.4) is 0 Å². The van der Waals surface area contributed by atoms with Gasteiger partial charge in [-0.3, -0.25) is 9.59 Å². The third-order valence-electron chi connectivity index (χ3n) is 3.69. The maximum Gasteiger partial charge on any atom is 0.220 e. The van der Waals surface area contributed by atoms with Crippen LogP contribution in [0.5, 0.6) is 11.5 Å². The van der Waals surface area contributed by atoms with E-state index in [0.717, 1.165) is 11.3 Å². The highest BCUT2D eigenvalue weighted by atomic mass is 35.5. The minimum Gasteiger partial charge on any atom is -0.497 e. The van der Waals surface area contributed by atoms with Gasteiger partial charge in [0, 0.05) is 24.4 Å². The van der Waals surface area contributed by atoms with Crippen molar-refractivity contribution in [3.8, 4) is 11.5 Å². The minimum atomic E-state index is -0.190. The van der Waals surface area contributed by atoms with Gasteiger partial charge in [-0.05, 0) is 35.9 Å². The first-order valence-corrected chi connectivity index (χ1v) is 8.17. The van der Waals surface area contributed by atoms with Crippen molar-refractivity contribution in [2.24, 2.45) is 0 Å². The van der Waals surface area contributed by atoms with Crippen LogP contribution in [0, 0.1) is 0 Å². The molecule has 132 valence electrons. The fourth-order valence-corrected chi connectivity index (χ4v) is 2.46. The normalized spacial score (nSPS) is 10.2. The van der Waals surface area contributed by atoms with Crippen molar-refractivity contribution in [2.75, 3.05) is 14.2 Å². The summed E-state index contributed by atoms with van der Waals surface area (Å²) in [6, 6.07) is 12.3. The average molecular weight is 362 g/mol. The van der Waals surface area contributed by atoms with E-state index in [4.69, 9.17) is 21.1 Å². The summed E-state index contributed by atoms with van der Waals surface area (Å²) in [7, 11) is 3.09. The van der Waals surface area contributed by atoms with Gasteiger partial charge in [0.2, 0.25) is 5.91 Å². The largest absolute Gasteiger partial charge is 0.497 e. The number of Topliss-reactive ketones (excluding diaryl/α,β-unsaturated/α-hetero) is 1. The van der Waals surface area contributed by atoms with E-state index in [-0.39, 0.29) is 24.5 Å². The highest BCUT2D eigenvalue weighted by Crippen LogP contribution is 2.24. The van der Waals surface area contributed by atoms with E-state index in [0.29, 0.717) is 22.9 Å². The lowest BCUT2D eigenvalue weighted by Gasteiger charge is -2.09. The van der Waals surface area contributed by atoms with Crippen molar-refractivity contribution >= 4 is 23.3 Å². The van der Waals surface area contributed by atoms with Crippen LogP contribution in [0.1, 0.15) is 28.8 Å². The summed E-state index contributed by atoms with van der Waals surface area (Å²) in [6.07, 6.45) is 0.190. The number of hydrogen-bond donors (Lipinski definition) is 1. The molecule has 0 heterocycles. The molecule has 2 rings (SSSR count). The van der Waals surface area contributed by atoms with Crippen LogP contribution in [0.25, 0.3) is 0 Å². The second kappa shape index (κ2) is 9.08. The monoisotopic (exact) mass is 361 g/mol. The fraction of sp³-hybridized carbons (Fsp3) is 0.263. The van der Waals surface area contributed by atoms with Crippen LogP contribution in [0.2, 0.25) is 5.02 Å². The number of halogens is 1. The topological polar surface area (TPSA) is 64.6 Å². The number of amides is 1. The molecular weight excluding hydrogens is 342 g/mol. The van der Waals surface area contributed by atoms with Gasteiger partial charge in [-0.1, -0.05) is 23.7 Å². The maximum absolute atomic E-state index is 12.3. The van der Waals surface area contributed by atoms with Gasteiger partial charge in [-0.2, -0.15) is 0 Å². The zero-order valence-electron chi connectivity index (χ0n) is 14.2. The van der Waals surface area contributed by atoms with E-state index in [1.165, 1.54) is 7.11 Å².